The van der Waals surface area contributed by atoms with Gasteiger partial charge in [-0.25, -0.2) is 4.79 Å². The smallest absolute Gasteiger partial charge is 0.339 e. The van der Waals surface area contributed by atoms with Gasteiger partial charge in [0.1, 0.15) is 0 Å². The van der Waals surface area contributed by atoms with Gasteiger partial charge in [0.2, 0.25) is 5.43 Å². The monoisotopic (exact) mass is 259 g/mol. The number of hydrogen-bond acceptors (Lipinski definition) is 5. The third-order valence-corrected chi connectivity index (χ3v) is 2.60. The van der Waals surface area contributed by atoms with E-state index in [0.717, 1.165) is 5.69 Å². The van der Waals surface area contributed by atoms with Gasteiger partial charge >= 0.3 is 5.97 Å². The molecular weight excluding hydrogens is 246 g/mol. The van der Waals surface area contributed by atoms with E-state index in [2.05, 4.69) is 9.72 Å². The molecule has 0 aromatic carbocycles. The fraction of sp³-hybridized carbons (Fsp3) is 0.154. The van der Waals surface area contributed by atoms with Gasteiger partial charge in [0.25, 0.3) is 0 Å². The average Bonchev–Trinajstić information content (AvgIpc) is 2.43. The molecule has 0 radical (unpaired) electrons. The number of ether oxygens (including phenoxy) is 1. The number of pyridine rings is 2. The van der Waals surface area contributed by atoms with Crippen molar-refractivity contribution >= 4 is 11.7 Å². The van der Waals surface area contributed by atoms with Crippen molar-refractivity contribution in [1.29, 1.82) is 0 Å². The molecule has 6 heteroatoms. The van der Waals surface area contributed by atoms with Gasteiger partial charge < -0.3 is 15.0 Å². The molecule has 2 heterocycles. The highest BCUT2D eigenvalue weighted by Crippen LogP contribution is 2.04. The van der Waals surface area contributed by atoms with Gasteiger partial charge in [0.15, 0.2) is 0 Å². The second-order valence-electron chi connectivity index (χ2n) is 3.97. The fourth-order valence-corrected chi connectivity index (χ4v) is 1.59. The summed E-state index contributed by atoms with van der Waals surface area (Å²) in [5.41, 5.74) is 6.67. The lowest BCUT2D eigenvalue weighted by atomic mass is 10.2. The molecule has 0 aliphatic heterocycles. The zero-order valence-electron chi connectivity index (χ0n) is 10.4. The molecule has 6 nitrogen and oxygen atoms in total. The first kappa shape index (κ1) is 12.8. The summed E-state index contributed by atoms with van der Waals surface area (Å²) >= 11 is 0. The van der Waals surface area contributed by atoms with E-state index in [1.54, 1.807) is 29.1 Å². The molecule has 0 unspecified atom stereocenters. The van der Waals surface area contributed by atoms with Gasteiger partial charge in [0.05, 0.1) is 30.6 Å². The molecule has 0 atom stereocenters. The zero-order valence-corrected chi connectivity index (χ0v) is 10.4. The van der Waals surface area contributed by atoms with E-state index < -0.39 is 5.97 Å². The fourth-order valence-electron chi connectivity index (χ4n) is 1.59. The minimum absolute atomic E-state index is 0.189. The summed E-state index contributed by atoms with van der Waals surface area (Å²) in [5, 5.41) is 0. The number of aromatic nitrogens is 2. The van der Waals surface area contributed by atoms with E-state index >= 15 is 0 Å². The van der Waals surface area contributed by atoms with Gasteiger partial charge in [0, 0.05) is 24.7 Å². The normalized spacial score (nSPS) is 10.2. The number of carbonyl (C=O) groups is 1. The van der Waals surface area contributed by atoms with Crippen LogP contribution < -0.4 is 11.2 Å². The number of esters is 1. The van der Waals surface area contributed by atoms with Crippen LogP contribution in [-0.4, -0.2) is 22.6 Å². The predicted molar refractivity (Wildman–Crippen MR) is 69.8 cm³/mol. The Kier molecular flexibility index (Phi) is 3.61. The van der Waals surface area contributed by atoms with E-state index in [0.29, 0.717) is 12.1 Å². The summed E-state index contributed by atoms with van der Waals surface area (Å²) in [7, 11) is 1.32. The Morgan fingerprint density at radius 3 is 2.79 bits per heavy atom. The first-order chi connectivity index (χ1) is 9.10. The topological polar surface area (TPSA) is 87.2 Å². The minimum Gasteiger partial charge on any atom is -0.465 e. The zero-order chi connectivity index (χ0) is 13.8. The first-order valence-electron chi connectivity index (χ1n) is 5.59. The third kappa shape index (κ3) is 2.98. The molecule has 0 saturated carbocycles. The summed E-state index contributed by atoms with van der Waals surface area (Å²) in [4.78, 5) is 26.6. The van der Waals surface area contributed by atoms with E-state index in [1.807, 2.05) is 0 Å². The molecule has 0 fully saturated rings. The molecular formula is C13H13N3O3. The lowest BCUT2D eigenvalue weighted by molar-refractivity contribution is 0.0600. The van der Waals surface area contributed by atoms with Crippen molar-refractivity contribution in [3.05, 3.63) is 58.3 Å². The van der Waals surface area contributed by atoms with E-state index in [1.165, 1.54) is 19.4 Å². The van der Waals surface area contributed by atoms with Gasteiger partial charge in [-0.2, -0.15) is 0 Å². The van der Waals surface area contributed by atoms with Crippen LogP contribution in [0.4, 0.5) is 5.69 Å². The molecule has 0 amide bonds. The van der Waals surface area contributed by atoms with Crippen molar-refractivity contribution in [2.75, 3.05) is 12.8 Å². The maximum atomic E-state index is 11.2. The summed E-state index contributed by atoms with van der Waals surface area (Å²) in [6, 6.07) is 4.76. The van der Waals surface area contributed by atoms with Crippen molar-refractivity contribution in [1.82, 2.24) is 9.55 Å². The Hall–Kier alpha value is -2.63. The number of methoxy groups -OCH3 is 1. The molecule has 2 aromatic heterocycles. The third-order valence-electron chi connectivity index (χ3n) is 2.60. The molecule has 19 heavy (non-hydrogen) atoms. The Morgan fingerprint density at radius 2 is 2.21 bits per heavy atom. The molecule has 0 saturated heterocycles. The van der Waals surface area contributed by atoms with Gasteiger partial charge in [-0.3, -0.25) is 9.78 Å². The second-order valence-corrected chi connectivity index (χ2v) is 3.97. The van der Waals surface area contributed by atoms with E-state index in [4.69, 9.17) is 5.73 Å². The number of hydrogen-bond donors (Lipinski definition) is 1. The highest BCUT2D eigenvalue weighted by Gasteiger charge is 2.05. The quantitative estimate of drug-likeness (QED) is 0.818. The van der Waals surface area contributed by atoms with Crippen molar-refractivity contribution in [2.45, 2.75) is 6.54 Å². The molecule has 2 N–H and O–H groups in total. The van der Waals surface area contributed by atoms with Crippen LogP contribution in [-0.2, 0) is 11.3 Å². The second kappa shape index (κ2) is 5.34. The average molecular weight is 259 g/mol. The molecule has 2 rings (SSSR count). The molecule has 98 valence electrons. The first-order valence-corrected chi connectivity index (χ1v) is 5.59. The Bertz CT molecular complexity index is 647. The Morgan fingerprint density at radius 1 is 1.42 bits per heavy atom. The molecule has 0 aliphatic rings. The summed E-state index contributed by atoms with van der Waals surface area (Å²) in [5.74, 6) is -0.424. The molecule has 0 aliphatic carbocycles. The van der Waals surface area contributed by atoms with Gasteiger partial charge in [-0.1, -0.05) is 0 Å². The Labute approximate surface area is 109 Å². The van der Waals surface area contributed by atoms with Crippen LogP contribution in [0.3, 0.4) is 0 Å². The lowest BCUT2D eigenvalue weighted by Crippen LogP contribution is -2.12. The predicted octanol–water partition coefficient (Wildman–Crippen LogP) is 0.660. The number of rotatable bonds is 3. The summed E-state index contributed by atoms with van der Waals surface area (Å²) in [6.45, 7) is 0.464. The molecule has 0 spiro atoms. The van der Waals surface area contributed by atoms with Crippen molar-refractivity contribution in [3.8, 4) is 0 Å². The number of nitrogens with zero attached hydrogens (tertiary/aromatic N) is 2. The van der Waals surface area contributed by atoms with Crippen molar-refractivity contribution in [3.63, 3.8) is 0 Å². The maximum Gasteiger partial charge on any atom is 0.339 e. The molecule has 2 aromatic rings. The maximum absolute atomic E-state index is 11.2. The number of nitrogen functional groups attached to an aromatic ring is 1. The minimum atomic E-state index is -0.424. The highest BCUT2D eigenvalue weighted by atomic mass is 16.5. The van der Waals surface area contributed by atoms with Crippen LogP contribution in [0.5, 0.6) is 0 Å². The molecule has 0 bridgehead atoms. The lowest BCUT2D eigenvalue weighted by Gasteiger charge is -2.07. The van der Waals surface area contributed by atoms with Crippen LogP contribution in [0.1, 0.15) is 16.1 Å². The number of anilines is 1. The number of carbonyl (C=O) groups excluding carboxylic acids is 1. The van der Waals surface area contributed by atoms with Crippen LogP contribution in [0.2, 0.25) is 0 Å². The van der Waals surface area contributed by atoms with Crippen molar-refractivity contribution < 1.29 is 9.53 Å². The van der Waals surface area contributed by atoms with Crippen LogP contribution in [0.15, 0.2) is 41.6 Å². The largest absolute Gasteiger partial charge is 0.465 e. The van der Waals surface area contributed by atoms with E-state index in [-0.39, 0.29) is 11.1 Å². The van der Waals surface area contributed by atoms with Crippen molar-refractivity contribution in [2.24, 2.45) is 0 Å². The highest BCUT2D eigenvalue weighted by molar-refractivity contribution is 5.88. The summed E-state index contributed by atoms with van der Waals surface area (Å²) in [6.07, 6.45) is 4.64. The van der Waals surface area contributed by atoms with Gasteiger partial charge in [-0.05, 0) is 12.1 Å². The Balaban J connectivity index is 2.17. The van der Waals surface area contributed by atoms with Gasteiger partial charge in [-0.15, -0.1) is 0 Å². The van der Waals surface area contributed by atoms with Crippen LogP contribution in [0.25, 0.3) is 0 Å². The van der Waals surface area contributed by atoms with Crippen LogP contribution in [0, 0.1) is 0 Å². The number of nitrogens with two attached hydrogens (primary N) is 1. The standard InChI is InChI=1S/C13H13N3O3/c1-19-13(18)9-2-3-10(15-6-9)7-16-5-4-12(17)11(14)8-16/h2-6,8H,7,14H2,1H3. The SMILES string of the molecule is COC(=O)c1ccc(Cn2ccc(=O)c(N)c2)nc1. The van der Waals surface area contributed by atoms with Crippen LogP contribution >= 0.6 is 0 Å². The van der Waals surface area contributed by atoms with E-state index in [9.17, 15) is 9.59 Å². The summed E-state index contributed by atoms with van der Waals surface area (Å²) < 4.78 is 6.33.